The summed E-state index contributed by atoms with van der Waals surface area (Å²) in [6.45, 7) is 2.28. The summed E-state index contributed by atoms with van der Waals surface area (Å²) in [4.78, 5) is 19.4. The molecule has 1 unspecified atom stereocenters. The molecule has 1 atom stereocenters. The van der Waals surface area contributed by atoms with Gasteiger partial charge in [0.05, 0.1) is 24.4 Å². The number of nitrogens with zero attached hydrogens (tertiary/aromatic N) is 3. The van der Waals surface area contributed by atoms with Crippen LogP contribution in [-0.2, 0) is 6.54 Å². The van der Waals surface area contributed by atoms with Gasteiger partial charge >= 0.3 is 6.03 Å². The highest BCUT2D eigenvalue weighted by molar-refractivity contribution is 6.30. The number of hydrogen-bond acceptors (Lipinski definition) is 7. The van der Waals surface area contributed by atoms with Crippen LogP contribution >= 0.6 is 11.6 Å². The van der Waals surface area contributed by atoms with Crippen molar-refractivity contribution in [2.45, 2.75) is 19.5 Å². The third kappa shape index (κ3) is 3.89. The van der Waals surface area contributed by atoms with Crippen molar-refractivity contribution < 1.29 is 23.2 Å². The van der Waals surface area contributed by atoms with Crippen molar-refractivity contribution in [3.8, 4) is 22.9 Å². The quantitative estimate of drug-likeness (QED) is 0.399. The van der Waals surface area contributed by atoms with Gasteiger partial charge in [0.25, 0.3) is 5.89 Å². The van der Waals surface area contributed by atoms with Crippen LogP contribution in [0.15, 0.2) is 75.5 Å². The fourth-order valence-corrected chi connectivity index (χ4v) is 4.32. The lowest BCUT2D eigenvalue weighted by atomic mass is 9.94. The highest BCUT2D eigenvalue weighted by Gasteiger charge is 2.36. The largest absolute Gasteiger partial charge is 0.467 e. The minimum atomic E-state index is -0.516. The molecule has 35 heavy (non-hydrogen) atoms. The first-order chi connectivity index (χ1) is 17.1. The molecule has 0 bridgehead atoms. The Morgan fingerprint density at radius 3 is 2.74 bits per heavy atom. The lowest BCUT2D eigenvalue weighted by Gasteiger charge is -2.34. The van der Waals surface area contributed by atoms with Crippen LogP contribution in [0.2, 0.25) is 5.02 Å². The maximum Gasteiger partial charge on any atom is 0.322 e. The lowest BCUT2D eigenvalue weighted by molar-refractivity contribution is 0.174. The summed E-state index contributed by atoms with van der Waals surface area (Å²) in [5.74, 6) is 2.62. The summed E-state index contributed by atoms with van der Waals surface area (Å²) in [5.41, 5.74) is 2.90. The Balaban J connectivity index is 1.43. The Labute approximate surface area is 204 Å². The predicted molar refractivity (Wildman–Crippen MR) is 125 cm³/mol. The second kappa shape index (κ2) is 8.52. The highest BCUT2D eigenvalue weighted by Crippen LogP contribution is 2.39. The molecule has 2 amide bonds. The van der Waals surface area contributed by atoms with Gasteiger partial charge in [-0.3, -0.25) is 4.90 Å². The second-order valence-electron chi connectivity index (χ2n) is 8.09. The van der Waals surface area contributed by atoms with E-state index in [4.69, 9.17) is 30.0 Å². The molecule has 10 heteroatoms. The molecular weight excluding hydrogens is 472 g/mol. The molecule has 2 aromatic carbocycles. The maximum atomic E-state index is 13.1. The molecule has 9 nitrogen and oxygen atoms in total. The van der Waals surface area contributed by atoms with E-state index in [0.29, 0.717) is 45.3 Å². The van der Waals surface area contributed by atoms with Gasteiger partial charge in [0.2, 0.25) is 12.6 Å². The summed E-state index contributed by atoms with van der Waals surface area (Å²) in [6.07, 6.45) is 1.57. The van der Waals surface area contributed by atoms with Gasteiger partial charge in [0.1, 0.15) is 5.76 Å². The molecular formula is C25H19ClN4O5. The predicted octanol–water partition coefficient (Wildman–Crippen LogP) is 5.41. The van der Waals surface area contributed by atoms with Crippen molar-refractivity contribution in [3.05, 3.63) is 88.8 Å². The number of fused-ring (bicyclic) bond motifs is 1. The molecule has 0 radical (unpaired) electrons. The summed E-state index contributed by atoms with van der Waals surface area (Å²) >= 11 is 6.10. The SMILES string of the molecule is CC1=C(c2nc(-c3ccc4c(c3)OCO4)no2)C(c2ccc(Cl)cc2)NC(=O)N1Cc1ccco1. The molecule has 2 aliphatic heterocycles. The first-order valence-corrected chi connectivity index (χ1v) is 11.3. The van der Waals surface area contributed by atoms with Crippen LogP contribution in [0.25, 0.3) is 17.0 Å². The molecule has 0 saturated carbocycles. The fraction of sp³-hybridized carbons (Fsp3) is 0.160. The molecule has 2 aliphatic rings. The third-order valence-corrected chi connectivity index (χ3v) is 6.23. The number of carbonyl (C=O) groups is 1. The molecule has 4 heterocycles. The second-order valence-corrected chi connectivity index (χ2v) is 8.53. The number of aromatic nitrogens is 2. The number of nitrogens with one attached hydrogen (secondary N) is 1. The van der Waals surface area contributed by atoms with Gasteiger partial charge in [-0.05, 0) is 55.0 Å². The van der Waals surface area contributed by atoms with Gasteiger partial charge in [-0.2, -0.15) is 4.98 Å². The first kappa shape index (κ1) is 21.3. The molecule has 2 aromatic heterocycles. The Morgan fingerprint density at radius 1 is 1.11 bits per heavy atom. The fourth-order valence-electron chi connectivity index (χ4n) is 4.20. The van der Waals surface area contributed by atoms with Gasteiger partial charge in [-0.15, -0.1) is 0 Å². The molecule has 6 rings (SSSR count). The van der Waals surface area contributed by atoms with Crippen LogP contribution in [0.3, 0.4) is 0 Å². The van der Waals surface area contributed by atoms with Gasteiger partial charge in [-0.25, -0.2) is 4.79 Å². The molecule has 0 fully saturated rings. The van der Waals surface area contributed by atoms with E-state index in [2.05, 4.69) is 15.5 Å². The van der Waals surface area contributed by atoms with Gasteiger partial charge in [-0.1, -0.05) is 28.9 Å². The van der Waals surface area contributed by atoms with Crippen molar-refractivity contribution in [3.63, 3.8) is 0 Å². The summed E-state index contributed by atoms with van der Waals surface area (Å²) < 4.78 is 22.0. The Hall–Kier alpha value is -4.24. The summed E-state index contributed by atoms with van der Waals surface area (Å²) in [7, 11) is 0. The normalized spacial score (nSPS) is 17.1. The monoisotopic (exact) mass is 490 g/mol. The minimum absolute atomic E-state index is 0.177. The number of hydrogen-bond donors (Lipinski definition) is 1. The lowest BCUT2D eigenvalue weighted by Crippen LogP contribution is -2.45. The molecule has 4 aromatic rings. The zero-order valence-corrected chi connectivity index (χ0v) is 19.3. The topological polar surface area (TPSA) is 103 Å². The van der Waals surface area contributed by atoms with Crippen LogP contribution in [0.4, 0.5) is 4.79 Å². The molecule has 0 spiro atoms. The number of benzene rings is 2. The van der Waals surface area contributed by atoms with E-state index in [9.17, 15) is 4.79 Å². The van der Waals surface area contributed by atoms with E-state index in [1.165, 1.54) is 0 Å². The smallest absolute Gasteiger partial charge is 0.322 e. The standard InChI is InChI=1S/C25H19ClN4O5/c1-14-21(24-28-23(29-35-24)16-6-9-19-20(11-16)34-13-33-19)22(15-4-7-17(26)8-5-15)27-25(31)30(14)12-18-3-2-10-32-18/h2-11,22H,12-13H2,1H3,(H,27,31). The number of carbonyl (C=O) groups excluding carboxylic acids is 1. The van der Waals surface area contributed by atoms with E-state index in [1.807, 2.05) is 31.2 Å². The Morgan fingerprint density at radius 2 is 1.94 bits per heavy atom. The van der Waals surface area contributed by atoms with Crippen molar-refractivity contribution >= 4 is 23.2 Å². The van der Waals surface area contributed by atoms with E-state index in [1.54, 1.807) is 41.5 Å². The molecule has 1 N–H and O–H groups in total. The van der Waals surface area contributed by atoms with Crippen LogP contribution in [0.5, 0.6) is 11.5 Å². The van der Waals surface area contributed by atoms with Crippen molar-refractivity contribution in [1.82, 2.24) is 20.4 Å². The number of rotatable bonds is 5. The van der Waals surface area contributed by atoms with Gasteiger partial charge in [0, 0.05) is 16.3 Å². The van der Waals surface area contributed by atoms with Crippen molar-refractivity contribution in [2.75, 3.05) is 6.79 Å². The summed E-state index contributed by atoms with van der Waals surface area (Å²) in [6, 6.07) is 15.5. The third-order valence-electron chi connectivity index (χ3n) is 5.98. The van der Waals surface area contributed by atoms with E-state index < -0.39 is 6.04 Å². The van der Waals surface area contributed by atoms with Crippen LogP contribution < -0.4 is 14.8 Å². The number of urea groups is 1. The number of halogens is 1. The number of furan rings is 1. The van der Waals surface area contributed by atoms with Crippen LogP contribution in [0.1, 0.15) is 30.2 Å². The van der Waals surface area contributed by atoms with Crippen LogP contribution in [0, 0.1) is 0 Å². The number of amides is 2. The molecule has 176 valence electrons. The zero-order chi connectivity index (χ0) is 23.9. The van der Waals surface area contributed by atoms with E-state index in [-0.39, 0.29) is 19.4 Å². The maximum absolute atomic E-state index is 13.1. The van der Waals surface area contributed by atoms with Crippen molar-refractivity contribution in [1.29, 1.82) is 0 Å². The van der Waals surface area contributed by atoms with Gasteiger partial charge < -0.3 is 23.7 Å². The molecule has 0 aliphatic carbocycles. The number of allylic oxidation sites excluding steroid dienone is 1. The summed E-state index contributed by atoms with van der Waals surface area (Å²) in [5, 5.41) is 7.85. The zero-order valence-electron chi connectivity index (χ0n) is 18.5. The number of ether oxygens (including phenoxy) is 2. The highest BCUT2D eigenvalue weighted by atomic mass is 35.5. The van der Waals surface area contributed by atoms with E-state index >= 15 is 0 Å². The Kier molecular flexibility index (Phi) is 5.18. The molecule has 0 saturated heterocycles. The first-order valence-electron chi connectivity index (χ1n) is 10.9. The average molecular weight is 491 g/mol. The Bertz CT molecular complexity index is 1430. The minimum Gasteiger partial charge on any atom is -0.467 e. The van der Waals surface area contributed by atoms with Crippen LogP contribution in [-0.4, -0.2) is 27.9 Å². The van der Waals surface area contributed by atoms with Gasteiger partial charge in [0.15, 0.2) is 11.5 Å². The van der Waals surface area contributed by atoms with E-state index in [0.717, 1.165) is 11.1 Å². The van der Waals surface area contributed by atoms with Crippen molar-refractivity contribution in [2.24, 2.45) is 0 Å². The average Bonchev–Trinajstić information content (AvgIpc) is 3.63.